The molecule has 0 aromatic carbocycles. The second-order valence-corrected chi connectivity index (χ2v) is 9.17. The van der Waals surface area contributed by atoms with E-state index in [2.05, 4.69) is 20.8 Å². The fourth-order valence-corrected chi connectivity index (χ4v) is 4.03. The molecular formula is C27H54. The van der Waals surface area contributed by atoms with Gasteiger partial charge in [-0.2, -0.15) is 0 Å². The largest absolute Gasteiger partial charge is 0.0625 e. The summed E-state index contributed by atoms with van der Waals surface area (Å²) in [6, 6.07) is 0. The number of hydrogen-bond acceptors (Lipinski definition) is 0. The van der Waals surface area contributed by atoms with Crippen molar-refractivity contribution in [2.24, 2.45) is 5.92 Å². The highest BCUT2D eigenvalue weighted by atomic mass is 14.0. The van der Waals surface area contributed by atoms with Crippen molar-refractivity contribution in [3.05, 3.63) is 13.8 Å². The van der Waals surface area contributed by atoms with Gasteiger partial charge in [0, 0.05) is 0 Å². The third kappa shape index (κ3) is 26.0. The molecule has 1 unspecified atom stereocenters. The van der Waals surface area contributed by atoms with Crippen molar-refractivity contribution in [1.82, 2.24) is 0 Å². The highest BCUT2D eigenvalue weighted by Gasteiger charge is 1.96. The Morgan fingerprint density at radius 3 is 0.852 bits per heavy atom. The molecule has 0 heteroatoms. The topological polar surface area (TPSA) is 0 Å². The fourth-order valence-electron chi connectivity index (χ4n) is 4.03. The molecule has 0 nitrogen and oxygen atoms in total. The molecule has 0 fully saturated rings. The van der Waals surface area contributed by atoms with Gasteiger partial charge in [-0.25, -0.2) is 0 Å². The summed E-state index contributed by atoms with van der Waals surface area (Å²) in [4.78, 5) is 0. The maximum atomic E-state index is 4.06. The van der Waals surface area contributed by atoms with Gasteiger partial charge in [0.05, 0.1) is 0 Å². The van der Waals surface area contributed by atoms with E-state index in [1.165, 1.54) is 141 Å². The first-order chi connectivity index (χ1) is 13.3. The zero-order valence-electron chi connectivity index (χ0n) is 19.3. The van der Waals surface area contributed by atoms with Gasteiger partial charge in [0.15, 0.2) is 0 Å². The molecular weight excluding hydrogens is 324 g/mol. The second-order valence-electron chi connectivity index (χ2n) is 9.17. The van der Waals surface area contributed by atoms with Crippen LogP contribution in [0.15, 0.2) is 0 Å². The molecule has 0 aliphatic carbocycles. The van der Waals surface area contributed by atoms with Gasteiger partial charge >= 0.3 is 0 Å². The summed E-state index contributed by atoms with van der Waals surface area (Å²) < 4.78 is 0. The molecule has 0 amide bonds. The SMILES string of the molecule is [CH2]CCCCCCCCCCCCCCCCCCCCCCCC([CH2])C. The highest BCUT2D eigenvalue weighted by molar-refractivity contribution is 4.55. The van der Waals surface area contributed by atoms with Gasteiger partial charge in [-0.1, -0.05) is 168 Å². The van der Waals surface area contributed by atoms with Gasteiger partial charge in [0.25, 0.3) is 0 Å². The van der Waals surface area contributed by atoms with Crippen molar-refractivity contribution in [3.8, 4) is 0 Å². The van der Waals surface area contributed by atoms with Crippen molar-refractivity contribution in [3.63, 3.8) is 0 Å². The lowest BCUT2D eigenvalue weighted by Gasteiger charge is -2.05. The minimum atomic E-state index is 0.647. The molecule has 0 N–H and O–H groups in total. The molecule has 1 atom stereocenters. The lowest BCUT2D eigenvalue weighted by atomic mass is 10.0. The first kappa shape index (κ1) is 27.0. The molecule has 0 saturated heterocycles. The molecule has 0 spiro atoms. The van der Waals surface area contributed by atoms with Crippen molar-refractivity contribution in [1.29, 1.82) is 0 Å². The fraction of sp³-hybridized carbons (Fsp3) is 0.926. The number of unbranched alkanes of at least 4 members (excludes halogenated alkanes) is 21. The van der Waals surface area contributed by atoms with Crippen LogP contribution in [-0.4, -0.2) is 0 Å². The summed E-state index contributed by atoms with van der Waals surface area (Å²) in [5.41, 5.74) is 0. The van der Waals surface area contributed by atoms with Gasteiger partial charge in [-0.05, 0) is 5.92 Å². The Bertz CT molecular complexity index is 242. The molecule has 0 aliphatic heterocycles. The van der Waals surface area contributed by atoms with E-state index in [4.69, 9.17) is 0 Å². The zero-order chi connectivity index (χ0) is 19.8. The Hall–Kier alpha value is 0. The Balaban J connectivity index is 2.97. The van der Waals surface area contributed by atoms with Crippen LogP contribution < -0.4 is 0 Å². The van der Waals surface area contributed by atoms with Crippen LogP contribution >= 0.6 is 0 Å². The third-order valence-electron chi connectivity index (χ3n) is 5.95. The maximum absolute atomic E-state index is 4.06. The Morgan fingerprint density at radius 2 is 0.630 bits per heavy atom. The van der Waals surface area contributed by atoms with Gasteiger partial charge in [-0.15, -0.1) is 0 Å². The first-order valence-electron chi connectivity index (χ1n) is 12.9. The number of hydrogen-bond donors (Lipinski definition) is 0. The van der Waals surface area contributed by atoms with Crippen molar-refractivity contribution >= 4 is 0 Å². The normalized spacial score (nSPS) is 11.6. The number of rotatable bonds is 23. The molecule has 2 radical (unpaired) electrons. The zero-order valence-corrected chi connectivity index (χ0v) is 19.3. The van der Waals surface area contributed by atoms with Crippen LogP contribution in [0.4, 0.5) is 0 Å². The third-order valence-corrected chi connectivity index (χ3v) is 5.95. The standard InChI is InChI=1S/C27H54/c1-4-5-6-7-8-9-10-11-12-13-14-15-16-17-18-19-20-21-22-23-24-25-26-27(2)3/h27H,1-2,4-26H2,3H3. The van der Waals surface area contributed by atoms with E-state index in [1.54, 1.807) is 0 Å². The smallest absolute Gasteiger partial charge is 0.0443 e. The first-order valence-corrected chi connectivity index (χ1v) is 12.9. The molecule has 162 valence electrons. The van der Waals surface area contributed by atoms with Gasteiger partial charge in [-0.3, -0.25) is 0 Å². The van der Waals surface area contributed by atoms with Crippen molar-refractivity contribution in [2.45, 2.75) is 155 Å². The van der Waals surface area contributed by atoms with E-state index in [-0.39, 0.29) is 0 Å². The van der Waals surface area contributed by atoms with Crippen LogP contribution in [0.1, 0.15) is 155 Å². The van der Waals surface area contributed by atoms with Gasteiger partial charge in [0.1, 0.15) is 0 Å². The molecule has 0 heterocycles. The van der Waals surface area contributed by atoms with E-state index in [0.29, 0.717) is 5.92 Å². The second kappa shape index (κ2) is 24.0. The quantitative estimate of drug-likeness (QED) is 0.155. The van der Waals surface area contributed by atoms with Gasteiger partial charge in [0.2, 0.25) is 0 Å². The Labute approximate surface area is 174 Å². The summed E-state index contributed by atoms with van der Waals surface area (Å²) in [5, 5.41) is 0. The predicted octanol–water partition coefficient (Wildman–Crippen LogP) is 10.3. The molecule has 0 aromatic heterocycles. The maximum Gasteiger partial charge on any atom is -0.0443 e. The summed E-state index contributed by atoms with van der Waals surface area (Å²) in [6.07, 6.45) is 33.0. The predicted molar refractivity (Wildman–Crippen MR) is 126 cm³/mol. The van der Waals surface area contributed by atoms with Gasteiger partial charge < -0.3 is 0 Å². The van der Waals surface area contributed by atoms with Crippen LogP contribution in [-0.2, 0) is 0 Å². The van der Waals surface area contributed by atoms with E-state index in [0.717, 1.165) is 6.42 Å². The Kier molecular flexibility index (Phi) is 24.0. The molecule has 0 aliphatic rings. The molecule has 0 aromatic rings. The minimum Gasteiger partial charge on any atom is -0.0625 e. The van der Waals surface area contributed by atoms with Crippen LogP contribution in [0, 0.1) is 19.8 Å². The van der Waals surface area contributed by atoms with Crippen molar-refractivity contribution in [2.75, 3.05) is 0 Å². The highest BCUT2D eigenvalue weighted by Crippen LogP contribution is 2.15. The molecule has 0 rings (SSSR count). The molecule has 0 bridgehead atoms. The van der Waals surface area contributed by atoms with E-state index in [9.17, 15) is 0 Å². The van der Waals surface area contributed by atoms with Crippen LogP contribution in [0.25, 0.3) is 0 Å². The average Bonchev–Trinajstić information content (AvgIpc) is 2.65. The minimum absolute atomic E-state index is 0.647. The molecule has 0 saturated carbocycles. The van der Waals surface area contributed by atoms with E-state index < -0.39 is 0 Å². The Morgan fingerprint density at radius 1 is 0.407 bits per heavy atom. The van der Waals surface area contributed by atoms with Crippen LogP contribution in [0.3, 0.4) is 0 Å². The van der Waals surface area contributed by atoms with E-state index >= 15 is 0 Å². The van der Waals surface area contributed by atoms with Crippen molar-refractivity contribution < 1.29 is 0 Å². The monoisotopic (exact) mass is 378 g/mol. The lowest BCUT2D eigenvalue weighted by molar-refractivity contribution is 0.512. The summed E-state index contributed by atoms with van der Waals surface area (Å²) in [5.74, 6) is 0.647. The van der Waals surface area contributed by atoms with Crippen LogP contribution in [0.2, 0.25) is 0 Å². The lowest BCUT2D eigenvalue weighted by Crippen LogP contribution is -1.87. The summed E-state index contributed by atoms with van der Waals surface area (Å²) >= 11 is 0. The molecule has 27 heavy (non-hydrogen) atoms. The van der Waals surface area contributed by atoms with E-state index in [1.807, 2.05) is 0 Å². The summed E-state index contributed by atoms with van der Waals surface area (Å²) in [7, 11) is 0. The van der Waals surface area contributed by atoms with Crippen LogP contribution in [0.5, 0.6) is 0 Å². The summed E-state index contributed by atoms with van der Waals surface area (Å²) in [6.45, 7) is 10.2. The average molecular weight is 379 g/mol.